The van der Waals surface area contributed by atoms with Gasteiger partial charge in [0.2, 0.25) is 0 Å². The second kappa shape index (κ2) is 6.07. The van der Waals surface area contributed by atoms with Crippen molar-refractivity contribution in [2.24, 2.45) is 0 Å². The Labute approximate surface area is 105 Å². The van der Waals surface area contributed by atoms with Crippen molar-refractivity contribution in [1.29, 1.82) is 0 Å². The van der Waals surface area contributed by atoms with E-state index in [4.69, 9.17) is 0 Å². The molecule has 4 heteroatoms. The van der Waals surface area contributed by atoms with Gasteiger partial charge in [0.05, 0.1) is 12.6 Å². The third kappa shape index (κ3) is 3.15. The largest absolute Gasteiger partial charge is 0.394 e. The van der Waals surface area contributed by atoms with Gasteiger partial charge in [-0.25, -0.2) is 8.78 Å². The summed E-state index contributed by atoms with van der Waals surface area (Å²) in [6.45, 7) is -0.215. The molecule has 98 valence electrons. The van der Waals surface area contributed by atoms with Gasteiger partial charge >= 0.3 is 0 Å². The van der Waals surface area contributed by atoms with E-state index in [1.54, 1.807) is 0 Å². The Morgan fingerprint density at radius 1 is 1.39 bits per heavy atom. The number of benzene rings is 1. The van der Waals surface area contributed by atoms with Crippen LogP contribution in [0.2, 0.25) is 0 Å². The van der Waals surface area contributed by atoms with Crippen LogP contribution >= 0.6 is 0 Å². The minimum atomic E-state index is -0.624. The summed E-state index contributed by atoms with van der Waals surface area (Å²) in [5.41, 5.74) is 0.304. The first-order valence-electron chi connectivity index (χ1n) is 6.19. The van der Waals surface area contributed by atoms with Crippen molar-refractivity contribution in [3.05, 3.63) is 47.5 Å². The van der Waals surface area contributed by atoms with Crippen LogP contribution in [0.3, 0.4) is 0 Å². The van der Waals surface area contributed by atoms with E-state index in [2.05, 4.69) is 11.4 Å². The van der Waals surface area contributed by atoms with Crippen LogP contribution in [0, 0.1) is 11.6 Å². The van der Waals surface area contributed by atoms with Crippen molar-refractivity contribution in [1.82, 2.24) is 5.32 Å². The molecule has 0 aromatic heterocycles. The van der Waals surface area contributed by atoms with Crippen LogP contribution < -0.4 is 5.32 Å². The maximum Gasteiger partial charge on any atom is 0.130 e. The molecule has 2 N–H and O–H groups in total. The summed E-state index contributed by atoms with van der Waals surface area (Å²) in [6, 6.07) is 3.07. The Balaban J connectivity index is 2.12. The third-order valence-electron chi connectivity index (χ3n) is 3.19. The van der Waals surface area contributed by atoms with Gasteiger partial charge in [0.1, 0.15) is 11.6 Å². The Morgan fingerprint density at radius 2 is 2.22 bits per heavy atom. The number of rotatable bonds is 4. The standard InChI is InChI=1S/C14H17F2NO/c15-10-6-7-12(13(16)8-10)14(9-18)17-11-4-2-1-3-5-11/h2,4,6-8,11,14,17-18H,1,3,5,9H2. The lowest BCUT2D eigenvalue weighted by Gasteiger charge is -2.24. The van der Waals surface area contributed by atoms with Gasteiger partial charge in [0.25, 0.3) is 0 Å². The summed E-state index contributed by atoms with van der Waals surface area (Å²) in [5.74, 6) is -1.23. The van der Waals surface area contributed by atoms with Crippen molar-refractivity contribution in [3.8, 4) is 0 Å². The van der Waals surface area contributed by atoms with E-state index in [0.717, 1.165) is 25.3 Å². The van der Waals surface area contributed by atoms with Gasteiger partial charge in [0.15, 0.2) is 0 Å². The lowest BCUT2D eigenvalue weighted by Crippen LogP contribution is -2.34. The minimum Gasteiger partial charge on any atom is -0.394 e. The number of aliphatic hydroxyl groups is 1. The summed E-state index contributed by atoms with van der Waals surface area (Å²) in [5, 5.41) is 12.5. The van der Waals surface area contributed by atoms with Crippen LogP contribution in [0.15, 0.2) is 30.4 Å². The van der Waals surface area contributed by atoms with Crippen LogP contribution in [0.25, 0.3) is 0 Å². The fourth-order valence-electron chi connectivity index (χ4n) is 2.23. The van der Waals surface area contributed by atoms with Gasteiger partial charge < -0.3 is 10.4 Å². The predicted octanol–water partition coefficient (Wildman–Crippen LogP) is 2.70. The predicted molar refractivity (Wildman–Crippen MR) is 66.1 cm³/mol. The van der Waals surface area contributed by atoms with Gasteiger partial charge in [-0.3, -0.25) is 0 Å². The van der Waals surface area contributed by atoms with Crippen LogP contribution in [-0.4, -0.2) is 17.8 Å². The first-order chi connectivity index (χ1) is 8.70. The summed E-state index contributed by atoms with van der Waals surface area (Å²) >= 11 is 0. The zero-order chi connectivity index (χ0) is 13.0. The fourth-order valence-corrected chi connectivity index (χ4v) is 2.23. The molecule has 1 aromatic carbocycles. The molecule has 0 spiro atoms. The molecule has 0 saturated heterocycles. The monoisotopic (exact) mass is 253 g/mol. The van der Waals surface area contributed by atoms with E-state index >= 15 is 0 Å². The Hall–Kier alpha value is -1.26. The number of aliphatic hydroxyl groups excluding tert-OH is 1. The highest BCUT2D eigenvalue weighted by Crippen LogP contribution is 2.20. The second-order valence-electron chi connectivity index (χ2n) is 4.53. The summed E-state index contributed by atoms with van der Waals surface area (Å²) < 4.78 is 26.5. The SMILES string of the molecule is OCC(NC1C=CCCC1)c1ccc(F)cc1F. The topological polar surface area (TPSA) is 32.3 Å². The molecule has 0 heterocycles. The smallest absolute Gasteiger partial charge is 0.130 e. The highest BCUT2D eigenvalue weighted by molar-refractivity contribution is 5.23. The van der Waals surface area contributed by atoms with E-state index in [9.17, 15) is 13.9 Å². The van der Waals surface area contributed by atoms with Crippen LogP contribution in [0.5, 0.6) is 0 Å². The number of nitrogens with one attached hydrogen (secondary N) is 1. The fraction of sp³-hybridized carbons (Fsp3) is 0.429. The molecule has 2 rings (SSSR count). The van der Waals surface area contributed by atoms with E-state index in [1.807, 2.05) is 6.08 Å². The number of halogens is 2. The molecule has 0 saturated carbocycles. The van der Waals surface area contributed by atoms with Gasteiger partial charge in [-0.05, 0) is 25.3 Å². The molecule has 1 aromatic rings. The summed E-state index contributed by atoms with van der Waals surface area (Å²) in [6.07, 6.45) is 7.23. The molecule has 0 radical (unpaired) electrons. The minimum absolute atomic E-state index is 0.139. The average Bonchev–Trinajstić information content (AvgIpc) is 2.38. The number of allylic oxidation sites excluding steroid dienone is 1. The molecule has 0 aliphatic heterocycles. The quantitative estimate of drug-likeness (QED) is 0.809. The zero-order valence-electron chi connectivity index (χ0n) is 10.1. The first-order valence-corrected chi connectivity index (χ1v) is 6.19. The van der Waals surface area contributed by atoms with Crippen molar-refractivity contribution >= 4 is 0 Å². The molecule has 0 amide bonds. The number of hydrogen-bond acceptors (Lipinski definition) is 2. The maximum atomic E-state index is 13.6. The van der Waals surface area contributed by atoms with Crippen molar-refractivity contribution in [2.75, 3.05) is 6.61 Å². The third-order valence-corrected chi connectivity index (χ3v) is 3.19. The highest BCUT2D eigenvalue weighted by atomic mass is 19.1. The second-order valence-corrected chi connectivity index (χ2v) is 4.53. The van der Waals surface area contributed by atoms with Gasteiger partial charge in [-0.15, -0.1) is 0 Å². The van der Waals surface area contributed by atoms with Gasteiger partial charge in [0, 0.05) is 17.7 Å². The van der Waals surface area contributed by atoms with Crippen molar-refractivity contribution in [2.45, 2.75) is 31.3 Å². The van der Waals surface area contributed by atoms with E-state index in [-0.39, 0.29) is 12.6 Å². The van der Waals surface area contributed by atoms with Crippen LogP contribution in [0.4, 0.5) is 8.78 Å². The van der Waals surface area contributed by atoms with E-state index in [0.29, 0.717) is 5.56 Å². The molecule has 18 heavy (non-hydrogen) atoms. The van der Waals surface area contributed by atoms with Crippen molar-refractivity contribution in [3.63, 3.8) is 0 Å². The van der Waals surface area contributed by atoms with Crippen molar-refractivity contribution < 1.29 is 13.9 Å². The highest BCUT2D eigenvalue weighted by Gasteiger charge is 2.19. The van der Waals surface area contributed by atoms with Crippen LogP contribution in [0.1, 0.15) is 30.9 Å². The normalized spacial score (nSPS) is 20.9. The molecular formula is C14H17F2NO. The molecule has 2 nitrogen and oxygen atoms in total. The Kier molecular flexibility index (Phi) is 4.44. The lowest BCUT2D eigenvalue weighted by molar-refractivity contribution is 0.232. The van der Waals surface area contributed by atoms with Gasteiger partial charge in [-0.1, -0.05) is 18.2 Å². The molecule has 0 bridgehead atoms. The van der Waals surface area contributed by atoms with Crippen LogP contribution in [-0.2, 0) is 0 Å². The summed E-state index contributed by atoms with van der Waals surface area (Å²) in [7, 11) is 0. The molecule has 2 atom stereocenters. The number of hydrogen-bond donors (Lipinski definition) is 2. The summed E-state index contributed by atoms with van der Waals surface area (Å²) in [4.78, 5) is 0. The molecular weight excluding hydrogens is 236 g/mol. The first kappa shape index (κ1) is 13.2. The van der Waals surface area contributed by atoms with E-state index in [1.165, 1.54) is 12.1 Å². The Morgan fingerprint density at radius 3 is 2.83 bits per heavy atom. The molecule has 2 unspecified atom stereocenters. The Bertz CT molecular complexity index is 434. The van der Waals surface area contributed by atoms with E-state index < -0.39 is 17.7 Å². The molecule has 1 aliphatic carbocycles. The molecule has 0 fully saturated rings. The van der Waals surface area contributed by atoms with Gasteiger partial charge in [-0.2, -0.15) is 0 Å². The zero-order valence-corrected chi connectivity index (χ0v) is 10.1. The molecule has 1 aliphatic rings. The average molecular weight is 253 g/mol. The maximum absolute atomic E-state index is 13.6. The lowest BCUT2D eigenvalue weighted by atomic mass is 10.00.